The molecule has 0 radical (unpaired) electrons. The lowest BCUT2D eigenvalue weighted by molar-refractivity contribution is -0.137. The Hall–Kier alpha value is -2.10. The van der Waals surface area contributed by atoms with Crippen LogP contribution in [-0.4, -0.2) is 6.29 Å². The highest BCUT2D eigenvalue weighted by Crippen LogP contribution is 2.32. The van der Waals surface area contributed by atoms with E-state index in [0.717, 1.165) is 12.1 Å². The lowest BCUT2D eigenvalue weighted by atomic mass is 9.91. The number of rotatable bonds is 3. The third-order valence-electron chi connectivity index (χ3n) is 2.87. The molecular weight excluding hydrogens is 253 g/mol. The first-order valence-electron chi connectivity index (χ1n) is 5.70. The molecule has 1 unspecified atom stereocenters. The Balaban J connectivity index is 2.43. The van der Waals surface area contributed by atoms with Crippen LogP contribution in [-0.2, 0) is 11.0 Å². The highest BCUT2D eigenvalue weighted by Gasteiger charge is 2.31. The fraction of sp³-hybridized carbons (Fsp3) is 0.133. The molecule has 0 aromatic heterocycles. The SMILES string of the molecule is O=CC(c1ccccc1)c1cccc(C(F)(F)F)c1. The van der Waals surface area contributed by atoms with Crippen LogP contribution in [0.4, 0.5) is 13.2 Å². The second kappa shape index (κ2) is 5.26. The molecule has 19 heavy (non-hydrogen) atoms. The average Bonchev–Trinajstić information content (AvgIpc) is 2.40. The van der Waals surface area contributed by atoms with Crippen molar-refractivity contribution in [2.75, 3.05) is 0 Å². The van der Waals surface area contributed by atoms with Gasteiger partial charge in [0, 0.05) is 0 Å². The molecule has 1 atom stereocenters. The van der Waals surface area contributed by atoms with E-state index in [-0.39, 0.29) is 0 Å². The molecule has 0 heterocycles. The maximum atomic E-state index is 12.6. The van der Waals surface area contributed by atoms with E-state index in [9.17, 15) is 18.0 Å². The van der Waals surface area contributed by atoms with Gasteiger partial charge in [0.05, 0.1) is 11.5 Å². The van der Waals surface area contributed by atoms with E-state index in [1.807, 2.05) is 0 Å². The number of hydrogen-bond acceptors (Lipinski definition) is 1. The van der Waals surface area contributed by atoms with Crippen molar-refractivity contribution in [2.24, 2.45) is 0 Å². The minimum atomic E-state index is -4.40. The number of carbonyl (C=O) groups excluding carboxylic acids is 1. The van der Waals surface area contributed by atoms with E-state index in [1.54, 1.807) is 30.3 Å². The molecule has 2 rings (SSSR count). The van der Waals surface area contributed by atoms with Crippen LogP contribution in [0, 0.1) is 0 Å². The monoisotopic (exact) mass is 264 g/mol. The zero-order valence-electron chi connectivity index (χ0n) is 9.89. The second-order valence-corrected chi connectivity index (χ2v) is 4.15. The molecule has 0 aliphatic carbocycles. The second-order valence-electron chi connectivity index (χ2n) is 4.15. The predicted octanol–water partition coefficient (Wildman–Crippen LogP) is 4.04. The number of halogens is 3. The molecule has 0 aliphatic heterocycles. The van der Waals surface area contributed by atoms with Gasteiger partial charge in [-0.2, -0.15) is 13.2 Å². The third kappa shape index (κ3) is 3.02. The molecule has 0 saturated heterocycles. The third-order valence-corrected chi connectivity index (χ3v) is 2.87. The summed E-state index contributed by atoms with van der Waals surface area (Å²) in [5.41, 5.74) is 0.278. The van der Waals surface area contributed by atoms with Crippen LogP contribution >= 0.6 is 0 Å². The highest BCUT2D eigenvalue weighted by molar-refractivity contribution is 5.68. The number of benzene rings is 2. The van der Waals surface area contributed by atoms with E-state index >= 15 is 0 Å². The molecule has 4 heteroatoms. The summed E-state index contributed by atoms with van der Waals surface area (Å²) in [5, 5.41) is 0. The largest absolute Gasteiger partial charge is 0.416 e. The van der Waals surface area contributed by atoms with Gasteiger partial charge in [-0.3, -0.25) is 0 Å². The molecule has 1 nitrogen and oxygen atoms in total. The van der Waals surface area contributed by atoms with Gasteiger partial charge in [0.1, 0.15) is 6.29 Å². The average molecular weight is 264 g/mol. The van der Waals surface area contributed by atoms with Crippen molar-refractivity contribution in [1.29, 1.82) is 0 Å². The Morgan fingerprint density at radius 3 is 2.11 bits per heavy atom. The van der Waals surface area contributed by atoms with Gasteiger partial charge in [-0.25, -0.2) is 0 Å². The van der Waals surface area contributed by atoms with Crippen LogP contribution in [0.25, 0.3) is 0 Å². The lowest BCUT2D eigenvalue weighted by Crippen LogP contribution is -2.08. The maximum Gasteiger partial charge on any atom is 0.416 e. The number of hydrogen-bond donors (Lipinski definition) is 0. The van der Waals surface area contributed by atoms with Crippen molar-refractivity contribution >= 4 is 6.29 Å². The van der Waals surface area contributed by atoms with E-state index in [2.05, 4.69) is 0 Å². The van der Waals surface area contributed by atoms with E-state index in [1.165, 1.54) is 12.1 Å². The Bertz CT molecular complexity index is 561. The molecule has 0 saturated carbocycles. The summed E-state index contributed by atoms with van der Waals surface area (Å²) in [6.07, 6.45) is -3.75. The number of aldehydes is 1. The lowest BCUT2D eigenvalue weighted by Gasteiger charge is -2.13. The molecule has 0 N–H and O–H groups in total. The highest BCUT2D eigenvalue weighted by atomic mass is 19.4. The zero-order chi connectivity index (χ0) is 13.9. The van der Waals surface area contributed by atoms with Gasteiger partial charge in [-0.05, 0) is 17.2 Å². The van der Waals surface area contributed by atoms with Gasteiger partial charge in [0.15, 0.2) is 0 Å². The molecule has 0 fully saturated rings. The molecular formula is C15H11F3O. The van der Waals surface area contributed by atoms with Gasteiger partial charge in [-0.1, -0.05) is 48.5 Å². The fourth-order valence-electron chi connectivity index (χ4n) is 1.92. The number of alkyl halides is 3. The fourth-order valence-corrected chi connectivity index (χ4v) is 1.92. The summed E-state index contributed by atoms with van der Waals surface area (Å²) in [5.74, 6) is -0.677. The van der Waals surface area contributed by atoms with Crippen molar-refractivity contribution < 1.29 is 18.0 Å². The quantitative estimate of drug-likeness (QED) is 0.765. The van der Waals surface area contributed by atoms with Gasteiger partial charge in [0.25, 0.3) is 0 Å². The van der Waals surface area contributed by atoms with E-state index in [4.69, 9.17) is 0 Å². The molecule has 0 bridgehead atoms. The summed E-state index contributed by atoms with van der Waals surface area (Å²) in [6.45, 7) is 0. The molecule has 2 aromatic carbocycles. The van der Waals surface area contributed by atoms with Crippen molar-refractivity contribution in [2.45, 2.75) is 12.1 Å². The Kier molecular flexibility index (Phi) is 3.69. The van der Waals surface area contributed by atoms with Crippen molar-refractivity contribution in [3.05, 3.63) is 71.3 Å². The van der Waals surface area contributed by atoms with Crippen molar-refractivity contribution in [1.82, 2.24) is 0 Å². The minimum absolute atomic E-state index is 0.344. The topological polar surface area (TPSA) is 17.1 Å². The summed E-state index contributed by atoms with van der Waals surface area (Å²) >= 11 is 0. The summed E-state index contributed by atoms with van der Waals surface area (Å²) < 4.78 is 37.9. The molecule has 2 aromatic rings. The molecule has 0 amide bonds. The van der Waals surface area contributed by atoms with Crippen LogP contribution in [0.5, 0.6) is 0 Å². The van der Waals surface area contributed by atoms with E-state index in [0.29, 0.717) is 17.4 Å². The van der Waals surface area contributed by atoms with Crippen molar-refractivity contribution in [3.8, 4) is 0 Å². The summed E-state index contributed by atoms with van der Waals surface area (Å²) in [4.78, 5) is 11.2. The van der Waals surface area contributed by atoms with E-state index < -0.39 is 17.7 Å². The Labute approximate surface area is 108 Å². The minimum Gasteiger partial charge on any atom is -0.302 e. The summed E-state index contributed by atoms with van der Waals surface area (Å²) in [6, 6.07) is 13.6. The van der Waals surface area contributed by atoms with Crippen LogP contribution < -0.4 is 0 Å². The first-order chi connectivity index (χ1) is 9.02. The zero-order valence-corrected chi connectivity index (χ0v) is 9.89. The normalized spacial score (nSPS) is 13.0. The van der Waals surface area contributed by atoms with Crippen LogP contribution in [0.3, 0.4) is 0 Å². The van der Waals surface area contributed by atoms with Gasteiger partial charge >= 0.3 is 6.18 Å². The molecule has 98 valence electrons. The standard InChI is InChI=1S/C15H11F3O/c16-15(17,18)13-8-4-7-12(9-13)14(10-19)11-5-2-1-3-6-11/h1-10,14H. The summed E-state index contributed by atoms with van der Waals surface area (Å²) in [7, 11) is 0. The predicted molar refractivity (Wildman–Crippen MR) is 65.8 cm³/mol. The van der Waals surface area contributed by atoms with Crippen LogP contribution in [0.1, 0.15) is 22.6 Å². The molecule has 0 spiro atoms. The molecule has 0 aliphatic rings. The van der Waals surface area contributed by atoms with Gasteiger partial charge in [0.2, 0.25) is 0 Å². The van der Waals surface area contributed by atoms with Crippen LogP contribution in [0.15, 0.2) is 54.6 Å². The smallest absolute Gasteiger partial charge is 0.302 e. The number of carbonyl (C=O) groups is 1. The first kappa shape index (κ1) is 13.3. The Morgan fingerprint density at radius 1 is 0.895 bits per heavy atom. The first-order valence-corrected chi connectivity index (χ1v) is 5.70. The Morgan fingerprint density at radius 2 is 1.53 bits per heavy atom. The van der Waals surface area contributed by atoms with Crippen LogP contribution in [0.2, 0.25) is 0 Å². The maximum absolute atomic E-state index is 12.6. The van der Waals surface area contributed by atoms with Gasteiger partial charge < -0.3 is 4.79 Å². The van der Waals surface area contributed by atoms with Crippen molar-refractivity contribution in [3.63, 3.8) is 0 Å². The van der Waals surface area contributed by atoms with Gasteiger partial charge in [-0.15, -0.1) is 0 Å².